The van der Waals surface area contributed by atoms with Gasteiger partial charge in [0.15, 0.2) is 0 Å². The molecule has 0 radical (unpaired) electrons. The van der Waals surface area contributed by atoms with E-state index < -0.39 is 5.97 Å². The van der Waals surface area contributed by atoms with Gasteiger partial charge in [0.1, 0.15) is 0 Å². The number of allylic oxidation sites excluding steroid dienone is 2. The first-order valence-corrected chi connectivity index (χ1v) is 5.77. The molecule has 16 heavy (non-hydrogen) atoms. The largest absolute Gasteiger partial charge is 0.481 e. The summed E-state index contributed by atoms with van der Waals surface area (Å²) in [6.45, 7) is 10.8. The van der Waals surface area contributed by atoms with E-state index in [0.29, 0.717) is 12.3 Å². The van der Waals surface area contributed by atoms with Gasteiger partial charge in [-0.05, 0) is 38.3 Å². The Kier molecular flexibility index (Phi) is 8.53. The third-order valence-corrected chi connectivity index (χ3v) is 2.61. The average Bonchev–Trinajstić information content (AvgIpc) is 2.24. The summed E-state index contributed by atoms with van der Waals surface area (Å²) in [5.74, 6) is -0.476. The Balaban J connectivity index is 3.64. The van der Waals surface area contributed by atoms with Gasteiger partial charge in [0, 0.05) is 0 Å². The normalized spacial score (nSPS) is 12.4. The summed E-state index contributed by atoms with van der Waals surface area (Å²) in [6.07, 6.45) is 6.43. The SMILES string of the molecule is C=CCC(CC=C)CNCCC(C)C(=O)O. The van der Waals surface area contributed by atoms with Gasteiger partial charge in [-0.25, -0.2) is 0 Å². The van der Waals surface area contributed by atoms with Crippen molar-refractivity contribution in [2.24, 2.45) is 11.8 Å². The zero-order valence-corrected chi connectivity index (χ0v) is 10.1. The highest BCUT2D eigenvalue weighted by molar-refractivity contribution is 5.69. The van der Waals surface area contributed by atoms with Crippen LogP contribution in [0.5, 0.6) is 0 Å². The predicted octanol–water partition coefficient (Wildman–Crippen LogP) is 2.46. The van der Waals surface area contributed by atoms with Gasteiger partial charge in [-0.3, -0.25) is 4.79 Å². The molecule has 0 aromatic rings. The van der Waals surface area contributed by atoms with Crippen molar-refractivity contribution >= 4 is 5.97 Å². The first kappa shape index (κ1) is 14.9. The van der Waals surface area contributed by atoms with Gasteiger partial charge in [0.05, 0.1) is 5.92 Å². The van der Waals surface area contributed by atoms with Crippen LogP contribution < -0.4 is 5.32 Å². The number of hydrogen-bond acceptors (Lipinski definition) is 2. The van der Waals surface area contributed by atoms with E-state index in [1.807, 2.05) is 12.2 Å². The smallest absolute Gasteiger partial charge is 0.306 e. The van der Waals surface area contributed by atoms with Gasteiger partial charge in [-0.2, -0.15) is 0 Å². The topological polar surface area (TPSA) is 49.3 Å². The van der Waals surface area contributed by atoms with Gasteiger partial charge in [-0.1, -0.05) is 19.1 Å². The second kappa shape index (κ2) is 9.16. The van der Waals surface area contributed by atoms with E-state index in [2.05, 4.69) is 18.5 Å². The van der Waals surface area contributed by atoms with E-state index >= 15 is 0 Å². The highest BCUT2D eigenvalue weighted by Crippen LogP contribution is 2.08. The van der Waals surface area contributed by atoms with E-state index in [-0.39, 0.29) is 5.92 Å². The van der Waals surface area contributed by atoms with Crippen LogP contribution in [0.15, 0.2) is 25.3 Å². The van der Waals surface area contributed by atoms with Crippen molar-refractivity contribution in [1.29, 1.82) is 0 Å². The second-order valence-electron chi connectivity index (χ2n) is 4.15. The number of aliphatic carboxylic acids is 1. The zero-order chi connectivity index (χ0) is 12.4. The lowest BCUT2D eigenvalue weighted by Gasteiger charge is -2.14. The minimum absolute atomic E-state index is 0.273. The number of hydrogen-bond donors (Lipinski definition) is 2. The third-order valence-electron chi connectivity index (χ3n) is 2.61. The number of carboxylic acid groups (broad SMARTS) is 1. The van der Waals surface area contributed by atoms with Crippen LogP contribution in [0.4, 0.5) is 0 Å². The van der Waals surface area contributed by atoms with Gasteiger partial charge in [-0.15, -0.1) is 13.2 Å². The zero-order valence-electron chi connectivity index (χ0n) is 10.1. The molecule has 0 saturated heterocycles. The Morgan fingerprint density at radius 3 is 2.38 bits per heavy atom. The molecule has 0 aliphatic rings. The Bertz CT molecular complexity index is 216. The first-order chi connectivity index (χ1) is 7.61. The predicted molar refractivity (Wildman–Crippen MR) is 67.4 cm³/mol. The van der Waals surface area contributed by atoms with Gasteiger partial charge in [0.2, 0.25) is 0 Å². The highest BCUT2D eigenvalue weighted by atomic mass is 16.4. The van der Waals surface area contributed by atoms with Crippen molar-refractivity contribution in [3.05, 3.63) is 25.3 Å². The maximum atomic E-state index is 10.6. The first-order valence-electron chi connectivity index (χ1n) is 5.77. The molecule has 0 heterocycles. The van der Waals surface area contributed by atoms with E-state index in [4.69, 9.17) is 5.11 Å². The van der Waals surface area contributed by atoms with Crippen molar-refractivity contribution in [2.45, 2.75) is 26.2 Å². The summed E-state index contributed by atoms with van der Waals surface area (Å²) >= 11 is 0. The molecule has 0 aliphatic heterocycles. The fourth-order valence-corrected chi connectivity index (χ4v) is 1.48. The van der Waals surface area contributed by atoms with Crippen LogP contribution in [0.3, 0.4) is 0 Å². The molecular weight excluding hydrogens is 202 g/mol. The molecule has 0 bridgehead atoms. The molecule has 0 saturated carbocycles. The molecule has 0 aliphatic carbocycles. The lowest BCUT2D eigenvalue weighted by molar-refractivity contribution is -0.141. The molecule has 0 amide bonds. The van der Waals surface area contributed by atoms with E-state index in [1.54, 1.807) is 6.92 Å². The Morgan fingerprint density at radius 2 is 1.94 bits per heavy atom. The standard InChI is InChI=1S/C13H23NO2/c1-4-6-12(7-5-2)10-14-9-8-11(3)13(15)16/h4-5,11-12,14H,1-2,6-10H2,3H3,(H,15,16). The van der Waals surface area contributed by atoms with Gasteiger partial charge in [0.25, 0.3) is 0 Å². The molecule has 0 rings (SSSR count). The van der Waals surface area contributed by atoms with Crippen LogP contribution in [0.2, 0.25) is 0 Å². The summed E-state index contributed by atoms with van der Waals surface area (Å²) in [6, 6.07) is 0. The van der Waals surface area contributed by atoms with Crippen LogP contribution >= 0.6 is 0 Å². The fourth-order valence-electron chi connectivity index (χ4n) is 1.48. The van der Waals surface area contributed by atoms with Crippen LogP contribution in [0.25, 0.3) is 0 Å². The molecule has 0 aromatic carbocycles. The molecule has 0 aromatic heterocycles. The number of nitrogens with one attached hydrogen (secondary N) is 1. The van der Waals surface area contributed by atoms with Crippen LogP contribution in [-0.2, 0) is 4.79 Å². The molecule has 0 fully saturated rings. The van der Waals surface area contributed by atoms with Gasteiger partial charge >= 0.3 is 5.97 Å². The quantitative estimate of drug-likeness (QED) is 0.443. The maximum absolute atomic E-state index is 10.6. The molecule has 1 atom stereocenters. The molecule has 2 N–H and O–H groups in total. The van der Waals surface area contributed by atoms with Crippen LogP contribution in [-0.4, -0.2) is 24.2 Å². The third kappa shape index (κ3) is 7.23. The van der Waals surface area contributed by atoms with Crippen molar-refractivity contribution in [3.63, 3.8) is 0 Å². The van der Waals surface area contributed by atoms with Crippen LogP contribution in [0.1, 0.15) is 26.2 Å². The van der Waals surface area contributed by atoms with E-state index in [0.717, 1.165) is 25.9 Å². The summed E-state index contributed by atoms with van der Waals surface area (Å²) in [5.41, 5.74) is 0. The Labute approximate surface area is 98.2 Å². The summed E-state index contributed by atoms with van der Waals surface area (Å²) in [4.78, 5) is 10.6. The number of carboxylic acids is 1. The minimum Gasteiger partial charge on any atom is -0.481 e. The van der Waals surface area contributed by atoms with Crippen molar-refractivity contribution in [2.75, 3.05) is 13.1 Å². The molecule has 92 valence electrons. The monoisotopic (exact) mass is 225 g/mol. The molecule has 0 spiro atoms. The molecular formula is C13H23NO2. The van der Waals surface area contributed by atoms with E-state index in [1.165, 1.54) is 0 Å². The average molecular weight is 225 g/mol. The number of rotatable bonds is 10. The highest BCUT2D eigenvalue weighted by Gasteiger charge is 2.10. The lowest BCUT2D eigenvalue weighted by atomic mass is 10.0. The summed E-state index contributed by atoms with van der Waals surface area (Å²) in [7, 11) is 0. The maximum Gasteiger partial charge on any atom is 0.306 e. The molecule has 1 unspecified atom stereocenters. The summed E-state index contributed by atoms with van der Waals surface area (Å²) < 4.78 is 0. The lowest BCUT2D eigenvalue weighted by Crippen LogP contribution is -2.26. The number of carbonyl (C=O) groups is 1. The van der Waals surface area contributed by atoms with E-state index in [9.17, 15) is 4.79 Å². The van der Waals surface area contributed by atoms with Crippen LogP contribution in [0, 0.1) is 11.8 Å². The fraction of sp³-hybridized carbons (Fsp3) is 0.615. The molecule has 3 heteroatoms. The van der Waals surface area contributed by atoms with Crippen molar-refractivity contribution in [1.82, 2.24) is 5.32 Å². The van der Waals surface area contributed by atoms with Crippen molar-refractivity contribution in [3.8, 4) is 0 Å². The van der Waals surface area contributed by atoms with Gasteiger partial charge < -0.3 is 10.4 Å². The molecule has 3 nitrogen and oxygen atoms in total. The van der Waals surface area contributed by atoms with Crippen molar-refractivity contribution < 1.29 is 9.90 Å². The second-order valence-corrected chi connectivity index (χ2v) is 4.15. The summed E-state index contributed by atoms with van der Waals surface area (Å²) in [5, 5.41) is 12.0. The Morgan fingerprint density at radius 1 is 1.38 bits per heavy atom. The minimum atomic E-state index is -0.726. The Hall–Kier alpha value is -1.09.